The maximum Gasteiger partial charge on any atom is 0.205 e. The average molecular weight is 453 g/mol. The number of halogens is 3. The normalized spacial score (nSPS) is 34.3. The van der Waals surface area contributed by atoms with Gasteiger partial charge in [0.1, 0.15) is 3.23 Å². The molecule has 6 heteroatoms. The Labute approximate surface area is 134 Å². The lowest BCUT2D eigenvalue weighted by Gasteiger charge is -2.43. The molecule has 0 radical (unpaired) electrons. The fraction of sp³-hybridized carbons (Fsp3) is 1.00. The quantitative estimate of drug-likeness (QED) is 0.387. The number of hydrogen-bond donors (Lipinski definition) is 3. The van der Waals surface area contributed by atoms with Gasteiger partial charge in [-0.3, -0.25) is 0 Å². The van der Waals surface area contributed by atoms with Crippen LogP contribution in [0.3, 0.4) is 0 Å². The highest BCUT2D eigenvalue weighted by molar-refractivity contribution is 9.26. The first-order valence-electron chi connectivity index (χ1n) is 6.44. The Morgan fingerprint density at radius 2 is 1.00 bits per heavy atom. The van der Waals surface area contributed by atoms with Crippen molar-refractivity contribution in [1.82, 2.24) is 0 Å². The van der Waals surface area contributed by atoms with Crippen LogP contribution in [0.15, 0.2) is 0 Å². The van der Waals surface area contributed by atoms with Crippen molar-refractivity contribution in [3.05, 3.63) is 0 Å². The number of hydrogen-bond acceptors (Lipinski definition) is 3. The van der Waals surface area contributed by atoms with E-state index in [1.807, 2.05) is 0 Å². The molecule has 0 aromatic heterocycles. The zero-order chi connectivity index (χ0) is 13.9. The maximum absolute atomic E-state index is 10.4. The molecule has 108 valence electrons. The molecule has 1 atom stereocenters. The zero-order valence-electron chi connectivity index (χ0n) is 10.3. The fourth-order valence-corrected chi connectivity index (χ4v) is 3.82. The molecule has 1 aliphatic rings. The summed E-state index contributed by atoms with van der Waals surface area (Å²) in [5.41, 5.74) is 0. The third-order valence-electron chi connectivity index (χ3n) is 3.53. The summed E-state index contributed by atoms with van der Waals surface area (Å²) in [5, 5.41) is 30.7. The number of aliphatic hydroxyl groups is 3. The van der Waals surface area contributed by atoms with E-state index in [9.17, 15) is 15.3 Å². The van der Waals surface area contributed by atoms with E-state index in [-0.39, 0.29) is 6.42 Å². The second-order valence-electron chi connectivity index (χ2n) is 5.12. The molecule has 18 heavy (non-hydrogen) atoms. The van der Waals surface area contributed by atoms with E-state index < -0.39 is 13.5 Å². The minimum atomic E-state index is -2.17. The molecule has 0 aromatic rings. The molecule has 0 aromatic carbocycles. The van der Waals surface area contributed by atoms with E-state index in [1.54, 1.807) is 0 Å². The van der Waals surface area contributed by atoms with Crippen molar-refractivity contribution in [3.63, 3.8) is 0 Å². The lowest BCUT2D eigenvalue weighted by atomic mass is 9.94. The largest absolute Gasteiger partial charge is 0.372 e. The van der Waals surface area contributed by atoms with Crippen LogP contribution in [0.4, 0.5) is 0 Å². The molecule has 0 aliphatic heterocycles. The first-order valence-corrected chi connectivity index (χ1v) is 8.82. The number of alkyl halides is 3. The summed E-state index contributed by atoms with van der Waals surface area (Å²) in [6.07, 6.45) is 7.92. The summed E-state index contributed by atoms with van der Waals surface area (Å²) in [6.45, 7) is 0. The van der Waals surface area contributed by atoms with Crippen molar-refractivity contribution in [2.24, 2.45) is 0 Å². The van der Waals surface area contributed by atoms with Crippen LogP contribution in [0, 0.1) is 0 Å². The second-order valence-corrected chi connectivity index (χ2v) is 10.0. The third kappa shape index (κ3) is 4.16. The highest BCUT2D eigenvalue weighted by Crippen LogP contribution is 2.51. The minimum absolute atomic E-state index is 0.147. The van der Waals surface area contributed by atoms with Gasteiger partial charge < -0.3 is 15.3 Å². The van der Waals surface area contributed by atoms with Gasteiger partial charge in [-0.1, -0.05) is 70.4 Å². The van der Waals surface area contributed by atoms with Crippen molar-refractivity contribution in [3.8, 4) is 0 Å². The first-order chi connectivity index (χ1) is 8.21. The lowest BCUT2D eigenvalue weighted by molar-refractivity contribution is -0.242. The Balaban J connectivity index is 2.83. The summed E-state index contributed by atoms with van der Waals surface area (Å²) in [7, 11) is 0. The molecule has 1 unspecified atom stereocenters. The van der Waals surface area contributed by atoms with Gasteiger partial charge in [0.15, 0.2) is 4.51 Å². The lowest BCUT2D eigenvalue weighted by Crippen LogP contribution is -2.59. The predicted octanol–water partition coefficient (Wildman–Crippen LogP) is 3.76. The third-order valence-corrected chi connectivity index (χ3v) is 7.85. The van der Waals surface area contributed by atoms with Crippen LogP contribution in [0.1, 0.15) is 57.8 Å². The van der Waals surface area contributed by atoms with Crippen molar-refractivity contribution < 1.29 is 15.3 Å². The Hall–Kier alpha value is 1.32. The van der Waals surface area contributed by atoms with E-state index >= 15 is 0 Å². The van der Waals surface area contributed by atoms with E-state index in [4.69, 9.17) is 0 Å². The van der Waals surface area contributed by atoms with Crippen LogP contribution in [-0.2, 0) is 0 Å². The Bertz CT molecular complexity index is 243. The van der Waals surface area contributed by atoms with Crippen LogP contribution in [-0.4, -0.2) is 28.9 Å². The van der Waals surface area contributed by atoms with Gasteiger partial charge >= 0.3 is 0 Å². The highest BCUT2D eigenvalue weighted by Gasteiger charge is 2.58. The summed E-state index contributed by atoms with van der Waals surface area (Å²) >= 11 is 9.85. The molecule has 1 rings (SSSR count). The molecule has 0 bridgehead atoms. The number of rotatable bonds is 0. The zero-order valence-corrected chi connectivity index (χ0v) is 15.1. The molecule has 0 spiro atoms. The summed E-state index contributed by atoms with van der Waals surface area (Å²) in [5.74, 6) is -2.17. The van der Waals surface area contributed by atoms with Crippen molar-refractivity contribution in [2.45, 2.75) is 71.3 Å². The summed E-state index contributed by atoms with van der Waals surface area (Å²) < 4.78 is -2.78. The Morgan fingerprint density at radius 1 is 0.611 bits per heavy atom. The van der Waals surface area contributed by atoms with Gasteiger partial charge in [0.05, 0.1) is 0 Å². The van der Waals surface area contributed by atoms with Crippen LogP contribution < -0.4 is 0 Å². The fourth-order valence-electron chi connectivity index (χ4n) is 2.23. The predicted molar refractivity (Wildman–Crippen MR) is 83.2 cm³/mol. The smallest absolute Gasteiger partial charge is 0.205 e. The van der Waals surface area contributed by atoms with Gasteiger partial charge in [0.2, 0.25) is 5.79 Å². The molecule has 1 aliphatic carbocycles. The van der Waals surface area contributed by atoms with Gasteiger partial charge in [-0.25, -0.2) is 0 Å². The standard InChI is InChI=1S/C12H21Br3O3/c13-10(14)8-6-4-2-1-3-5-7-9-11(16,17)12(10,15)18/h16-18H,1-9H2. The highest BCUT2D eigenvalue weighted by atomic mass is 79.9. The molecule has 0 heterocycles. The molecular formula is C12H21Br3O3. The van der Waals surface area contributed by atoms with Crippen LogP contribution in [0.5, 0.6) is 0 Å². The summed E-state index contributed by atoms with van der Waals surface area (Å²) in [6, 6.07) is 0. The van der Waals surface area contributed by atoms with Crippen molar-refractivity contribution in [2.75, 3.05) is 0 Å². The molecule has 3 N–H and O–H groups in total. The van der Waals surface area contributed by atoms with Crippen LogP contribution in [0.25, 0.3) is 0 Å². The minimum Gasteiger partial charge on any atom is -0.372 e. The first kappa shape index (κ1) is 17.4. The topological polar surface area (TPSA) is 60.7 Å². The molecule has 0 amide bonds. The molecule has 1 fully saturated rings. The van der Waals surface area contributed by atoms with Gasteiger partial charge in [0.25, 0.3) is 0 Å². The van der Waals surface area contributed by atoms with E-state index in [1.165, 1.54) is 12.8 Å². The monoisotopic (exact) mass is 450 g/mol. The Morgan fingerprint density at radius 3 is 1.50 bits per heavy atom. The molecular weight excluding hydrogens is 432 g/mol. The second kappa shape index (κ2) is 6.85. The van der Waals surface area contributed by atoms with E-state index in [0.717, 1.165) is 25.7 Å². The van der Waals surface area contributed by atoms with E-state index in [2.05, 4.69) is 47.8 Å². The maximum atomic E-state index is 10.4. The summed E-state index contributed by atoms with van der Waals surface area (Å²) in [4.78, 5) is 0. The van der Waals surface area contributed by atoms with Crippen molar-refractivity contribution >= 4 is 47.8 Å². The average Bonchev–Trinajstić information content (AvgIpc) is 2.25. The molecule has 0 saturated heterocycles. The van der Waals surface area contributed by atoms with Crippen LogP contribution >= 0.6 is 47.8 Å². The van der Waals surface area contributed by atoms with Crippen molar-refractivity contribution in [1.29, 1.82) is 0 Å². The SMILES string of the molecule is OC1(O)CCCCCCCCCC(Br)(Br)C1(O)Br. The van der Waals surface area contributed by atoms with Crippen LogP contribution in [0.2, 0.25) is 0 Å². The van der Waals surface area contributed by atoms with E-state index in [0.29, 0.717) is 12.8 Å². The molecule has 3 nitrogen and oxygen atoms in total. The molecule has 1 saturated carbocycles. The van der Waals surface area contributed by atoms with Gasteiger partial charge in [-0.05, 0) is 28.8 Å². The van der Waals surface area contributed by atoms with Gasteiger partial charge in [-0.15, -0.1) is 0 Å². The van der Waals surface area contributed by atoms with Gasteiger partial charge in [-0.2, -0.15) is 0 Å². The Kier molecular flexibility index (Phi) is 6.61. The van der Waals surface area contributed by atoms with Gasteiger partial charge in [0, 0.05) is 6.42 Å².